The topological polar surface area (TPSA) is 43.4 Å². The molecule has 0 aromatic rings. The molecule has 1 unspecified atom stereocenters. The maximum Gasteiger partial charge on any atom is 0.320 e. The van der Waals surface area contributed by atoms with Crippen molar-refractivity contribution >= 4 is 11.8 Å². The van der Waals surface area contributed by atoms with Crippen molar-refractivity contribution in [2.45, 2.75) is 46.5 Å². The maximum absolute atomic E-state index is 12.3. The standard InChI is InChI=1S/C14H22O3/c1-5-9-14(12(16)17-6-2)11(15)8-7-10-13(14,3)4/h5H,1,6-10H2,2-4H3. The Morgan fingerprint density at radius 2 is 2.18 bits per heavy atom. The number of carbonyl (C=O) groups excluding carboxylic acids is 2. The summed E-state index contributed by atoms with van der Waals surface area (Å²) in [6, 6.07) is 0. The molecule has 3 heteroatoms. The molecule has 96 valence electrons. The Kier molecular flexibility index (Phi) is 4.12. The zero-order chi connectivity index (χ0) is 13.1. The Labute approximate surface area is 103 Å². The Balaban J connectivity index is 3.21. The molecule has 1 rings (SSSR count). The number of Topliss-reactive ketones (excluding diaryl/α,β-unsaturated/α-hetero) is 1. The van der Waals surface area contributed by atoms with Gasteiger partial charge in [0.2, 0.25) is 0 Å². The van der Waals surface area contributed by atoms with E-state index in [1.807, 2.05) is 13.8 Å². The van der Waals surface area contributed by atoms with Gasteiger partial charge in [0, 0.05) is 6.42 Å². The molecule has 0 spiro atoms. The van der Waals surface area contributed by atoms with Crippen LogP contribution >= 0.6 is 0 Å². The van der Waals surface area contributed by atoms with Crippen molar-refractivity contribution in [3.63, 3.8) is 0 Å². The van der Waals surface area contributed by atoms with Crippen LogP contribution in [-0.4, -0.2) is 18.4 Å². The van der Waals surface area contributed by atoms with Crippen LogP contribution in [0.15, 0.2) is 12.7 Å². The van der Waals surface area contributed by atoms with Gasteiger partial charge in [0.25, 0.3) is 0 Å². The number of ketones is 1. The van der Waals surface area contributed by atoms with E-state index in [1.165, 1.54) is 0 Å². The van der Waals surface area contributed by atoms with E-state index in [4.69, 9.17) is 4.74 Å². The number of carbonyl (C=O) groups is 2. The third kappa shape index (κ3) is 2.15. The predicted molar refractivity (Wildman–Crippen MR) is 66.5 cm³/mol. The molecular formula is C14H22O3. The minimum Gasteiger partial charge on any atom is -0.465 e. The Hall–Kier alpha value is -1.12. The molecular weight excluding hydrogens is 216 g/mol. The van der Waals surface area contributed by atoms with Crippen molar-refractivity contribution in [1.82, 2.24) is 0 Å². The molecule has 17 heavy (non-hydrogen) atoms. The van der Waals surface area contributed by atoms with E-state index >= 15 is 0 Å². The molecule has 0 aliphatic heterocycles. The highest BCUT2D eigenvalue weighted by atomic mass is 16.5. The third-order valence-corrected chi connectivity index (χ3v) is 3.91. The lowest BCUT2D eigenvalue weighted by molar-refractivity contribution is -0.172. The zero-order valence-corrected chi connectivity index (χ0v) is 11.0. The Bertz CT molecular complexity index is 330. The molecule has 1 aliphatic carbocycles. The summed E-state index contributed by atoms with van der Waals surface area (Å²) in [6.45, 7) is 9.71. The van der Waals surface area contributed by atoms with Crippen LogP contribution in [0.4, 0.5) is 0 Å². The highest BCUT2D eigenvalue weighted by Crippen LogP contribution is 2.51. The number of hydrogen-bond acceptors (Lipinski definition) is 3. The predicted octanol–water partition coefficient (Wildman–Crippen LogP) is 2.89. The van der Waals surface area contributed by atoms with Gasteiger partial charge in [0.1, 0.15) is 5.41 Å². The normalized spacial score (nSPS) is 27.6. The smallest absolute Gasteiger partial charge is 0.320 e. The molecule has 0 heterocycles. The lowest BCUT2D eigenvalue weighted by Gasteiger charge is -2.46. The van der Waals surface area contributed by atoms with E-state index in [1.54, 1.807) is 13.0 Å². The average Bonchev–Trinajstić information content (AvgIpc) is 2.23. The highest BCUT2D eigenvalue weighted by molar-refractivity contribution is 6.05. The number of ether oxygens (including phenoxy) is 1. The average molecular weight is 238 g/mol. The number of rotatable bonds is 4. The van der Waals surface area contributed by atoms with Crippen molar-refractivity contribution in [2.24, 2.45) is 10.8 Å². The first-order valence-electron chi connectivity index (χ1n) is 6.24. The second-order valence-electron chi connectivity index (χ2n) is 5.28. The lowest BCUT2D eigenvalue weighted by Crippen LogP contribution is -2.53. The van der Waals surface area contributed by atoms with Crippen molar-refractivity contribution in [3.8, 4) is 0 Å². The van der Waals surface area contributed by atoms with E-state index in [-0.39, 0.29) is 17.2 Å². The van der Waals surface area contributed by atoms with Crippen molar-refractivity contribution in [2.75, 3.05) is 6.61 Å². The van der Waals surface area contributed by atoms with Gasteiger partial charge in [-0.3, -0.25) is 9.59 Å². The molecule has 0 amide bonds. The van der Waals surface area contributed by atoms with Crippen molar-refractivity contribution in [1.29, 1.82) is 0 Å². The fourth-order valence-electron chi connectivity index (χ4n) is 2.83. The molecule has 1 saturated carbocycles. The molecule has 1 atom stereocenters. The summed E-state index contributed by atoms with van der Waals surface area (Å²) in [5.41, 5.74) is -1.38. The maximum atomic E-state index is 12.3. The number of esters is 1. The molecule has 0 radical (unpaired) electrons. The fraction of sp³-hybridized carbons (Fsp3) is 0.714. The summed E-state index contributed by atoms with van der Waals surface area (Å²) >= 11 is 0. The quantitative estimate of drug-likeness (QED) is 0.429. The van der Waals surface area contributed by atoms with Crippen LogP contribution in [-0.2, 0) is 14.3 Å². The Morgan fingerprint density at radius 1 is 1.53 bits per heavy atom. The second kappa shape index (κ2) is 5.03. The van der Waals surface area contributed by atoms with Gasteiger partial charge >= 0.3 is 5.97 Å². The first-order valence-corrected chi connectivity index (χ1v) is 6.24. The highest BCUT2D eigenvalue weighted by Gasteiger charge is 2.57. The van der Waals surface area contributed by atoms with Gasteiger partial charge in [-0.15, -0.1) is 6.58 Å². The van der Waals surface area contributed by atoms with Crippen LogP contribution in [0.5, 0.6) is 0 Å². The monoisotopic (exact) mass is 238 g/mol. The van der Waals surface area contributed by atoms with Crippen LogP contribution < -0.4 is 0 Å². The van der Waals surface area contributed by atoms with Crippen LogP contribution in [0.25, 0.3) is 0 Å². The molecule has 0 aromatic heterocycles. The molecule has 0 aromatic carbocycles. The second-order valence-corrected chi connectivity index (χ2v) is 5.28. The van der Waals surface area contributed by atoms with Gasteiger partial charge in [-0.2, -0.15) is 0 Å². The first kappa shape index (κ1) is 13.9. The van der Waals surface area contributed by atoms with Gasteiger partial charge in [0.15, 0.2) is 5.78 Å². The van der Waals surface area contributed by atoms with Gasteiger partial charge in [-0.25, -0.2) is 0 Å². The van der Waals surface area contributed by atoms with E-state index in [9.17, 15) is 9.59 Å². The number of allylic oxidation sites excluding steroid dienone is 1. The van der Waals surface area contributed by atoms with Crippen LogP contribution in [0.2, 0.25) is 0 Å². The SMILES string of the molecule is C=CCC1(C(=O)OCC)C(=O)CCCC1(C)C. The Morgan fingerprint density at radius 3 is 2.65 bits per heavy atom. The summed E-state index contributed by atoms with van der Waals surface area (Å²) in [6.07, 6.45) is 4.21. The van der Waals surface area contributed by atoms with E-state index < -0.39 is 5.41 Å². The largest absolute Gasteiger partial charge is 0.465 e. The molecule has 0 N–H and O–H groups in total. The van der Waals surface area contributed by atoms with Gasteiger partial charge < -0.3 is 4.74 Å². The van der Waals surface area contributed by atoms with Crippen LogP contribution in [0, 0.1) is 10.8 Å². The van der Waals surface area contributed by atoms with E-state index in [0.717, 1.165) is 12.8 Å². The lowest BCUT2D eigenvalue weighted by atomic mass is 9.55. The first-order chi connectivity index (χ1) is 7.92. The van der Waals surface area contributed by atoms with Crippen LogP contribution in [0.3, 0.4) is 0 Å². The summed E-state index contributed by atoms with van der Waals surface area (Å²) in [5.74, 6) is -0.373. The fourth-order valence-corrected chi connectivity index (χ4v) is 2.83. The van der Waals surface area contributed by atoms with Gasteiger partial charge in [-0.1, -0.05) is 19.9 Å². The summed E-state index contributed by atoms with van der Waals surface area (Å²) < 4.78 is 5.14. The third-order valence-electron chi connectivity index (χ3n) is 3.91. The van der Waals surface area contributed by atoms with E-state index in [0.29, 0.717) is 19.4 Å². The molecule has 1 aliphatic rings. The minimum atomic E-state index is -1.02. The summed E-state index contributed by atoms with van der Waals surface area (Å²) in [7, 11) is 0. The minimum absolute atomic E-state index is 0.00657. The van der Waals surface area contributed by atoms with E-state index in [2.05, 4.69) is 6.58 Å². The van der Waals surface area contributed by atoms with Gasteiger partial charge in [-0.05, 0) is 31.6 Å². The zero-order valence-electron chi connectivity index (χ0n) is 11.0. The summed E-state index contributed by atoms with van der Waals surface area (Å²) in [5, 5.41) is 0. The summed E-state index contributed by atoms with van der Waals surface area (Å²) in [4.78, 5) is 24.5. The number of hydrogen-bond donors (Lipinski definition) is 0. The van der Waals surface area contributed by atoms with Gasteiger partial charge in [0.05, 0.1) is 6.61 Å². The molecule has 3 nitrogen and oxygen atoms in total. The van der Waals surface area contributed by atoms with Crippen LogP contribution in [0.1, 0.15) is 46.5 Å². The van der Waals surface area contributed by atoms with Crippen molar-refractivity contribution in [3.05, 3.63) is 12.7 Å². The molecule has 0 saturated heterocycles. The molecule has 0 bridgehead atoms. The molecule has 1 fully saturated rings. The van der Waals surface area contributed by atoms with Crippen molar-refractivity contribution < 1.29 is 14.3 Å².